The van der Waals surface area contributed by atoms with E-state index < -0.39 is 5.97 Å². The molecule has 0 radical (unpaired) electrons. The highest BCUT2D eigenvalue weighted by molar-refractivity contribution is 6.05. The minimum Gasteiger partial charge on any atom is -0.493 e. The van der Waals surface area contributed by atoms with Crippen molar-refractivity contribution >= 4 is 27.6 Å². The summed E-state index contributed by atoms with van der Waals surface area (Å²) < 4.78 is 8.31. The van der Waals surface area contributed by atoms with Gasteiger partial charge in [0, 0.05) is 35.0 Å². The summed E-state index contributed by atoms with van der Waals surface area (Å²) in [6, 6.07) is 18.6. The molecule has 3 aromatic carbocycles. The first kappa shape index (κ1) is 27.1. The van der Waals surface area contributed by atoms with Crippen LogP contribution in [0.25, 0.3) is 32.8 Å². The van der Waals surface area contributed by atoms with Gasteiger partial charge in [0.05, 0.1) is 23.5 Å². The monoisotopic (exact) mass is 550 g/mol. The molecule has 7 heteroatoms. The predicted octanol–water partition coefficient (Wildman–Crippen LogP) is 6.99. The predicted molar refractivity (Wildman–Crippen MR) is 164 cm³/mol. The molecule has 2 aromatic heterocycles. The minimum absolute atomic E-state index is 0.405. The Bertz CT molecular complexity index is 1730. The van der Waals surface area contributed by atoms with Crippen molar-refractivity contribution in [3.8, 4) is 16.9 Å². The number of hydrogen-bond donors (Lipinski definition) is 2. The van der Waals surface area contributed by atoms with Crippen molar-refractivity contribution in [2.75, 3.05) is 20.2 Å². The van der Waals surface area contributed by atoms with Gasteiger partial charge < -0.3 is 19.3 Å². The molecule has 0 atom stereocenters. The number of benzene rings is 3. The van der Waals surface area contributed by atoms with Crippen LogP contribution < -0.4 is 4.74 Å². The van der Waals surface area contributed by atoms with Gasteiger partial charge in [-0.15, -0.1) is 0 Å². The lowest BCUT2D eigenvalue weighted by molar-refractivity contribution is 0.0684. The fourth-order valence-electron chi connectivity index (χ4n) is 6.50. The summed E-state index contributed by atoms with van der Waals surface area (Å²) in [7, 11) is 2.12. The Balaban J connectivity index is 1.42. The second kappa shape index (κ2) is 11.4. The average Bonchev–Trinajstić information content (AvgIpc) is 3.49. The molecule has 41 heavy (non-hydrogen) atoms. The lowest BCUT2D eigenvalue weighted by atomic mass is 9.93. The van der Waals surface area contributed by atoms with E-state index in [0.29, 0.717) is 31.7 Å². The van der Waals surface area contributed by atoms with Gasteiger partial charge in [0.1, 0.15) is 11.4 Å². The van der Waals surface area contributed by atoms with Crippen LogP contribution in [0.4, 0.5) is 0 Å². The number of carbonyl (C=O) groups is 1. The van der Waals surface area contributed by atoms with Crippen molar-refractivity contribution < 1.29 is 14.6 Å². The van der Waals surface area contributed by atoms with Crippen molar-refractivity contribution in [1.82, 2.24) is 19.7 Å². The molecule has 0 bridgehead atoms. The molecule has 1 aliphatic rings. The minimum atomic E-state index is -0.874. The topological polar surface area (TPSA) is 83.4 Å². The highest BCUT2D eigenvalue weighted by atomic mass is 16.5. The normalized spacial score (nSPS) is 13.9. The highest BCUT2D eigenvalue weighted by Crippen LogP contribution is 2.41. The van der Waals surface area contributed by atoms with E-state index in [1.54, 1.807) is 0 Å². The summed E-state index contributed by atoms with van der Waals surface area (Å²) in [5, 5.41) is 21.9. The zero-order chi connectivity index (χ0) is 28.5. The van der Waals surface area contributed by atoms with Crippen molar-refractivity contribution in [3.05, 3.63) is 82.8 Å². The summed E-state index contributed by atoms with van der Waals surface area (Å²) in [6.07, 6.45) is 4.07. The number of aromatic carboxylic acids is 1. The molecule has 2 N–H and O–H groups in total. The van der Waals surface area contributed by atoms with Gasteiger partial charge in [-0.3, -0.25) is 5.10 Å². The lowest BCUT2D eigenvalue weighted by Crippen LogP contribution is -2.22. The summed E-state index contributed by atoms with van der Waals surface area (Å²) >= 11 is 0. The SMILES string of the molecule is CCCc1n[nH]c2c1-c1c(C)ccc3c(CCCOc4cccc5ccccc45)c(C(=O)O)n(c13)CCCN(C)C2. The van der Waals surface area contributed by atoms with Crippen LogP contribution in [0.3, 0.4) is 0 Å². The second-order valence-corrected chi connectivity index (χ2v) is 11.2. The molecule has 0 spiro atoms. The van der Waals surface area contributed by atoms with E-state index in [4.69, 9.17) is 9.84 Å². The van der Waals surface area contributed by atoms with E-state index in [1.807, 2.05) is 24.3 Å². The number of carboxylic acids is 1. The van der Waals surface area contributed by atoms with Gasteiger partial charge in [0.15, 0.2) is 0 Å². The first-order chi connectivity index (χ1) is 20.0. The van der Waals surface area contributed by atoms with Gasteiger partial charge in [-0.25, -0.2) is 4.79 Å². The number of fused-ring (bicyclic) bond motifs is 3. The Morgan fingerprint density at radius 3 is 2.68 bits per heavy atom. The fourth-order valence-corrected chi connectivity index (χ4v) is 6.50. The second-order valence-electron chi connectivity index (χ2n) is 11.2. The Hall–Kier alpha value is -4.10. The van der Waals surface area contributed by atoms with E-state index in [1.165, 1.54) is 0 Å². The number of aromatic amines is 1. The van der Waals surface area contributed by atoms with Gasteiger partial charge in [-0.1, -0.05) is 61.9 Å². The maximum absolute atomic E-state index is 12.9. The molecule has 0 amide bonds. The zero-order valence-corrected chi connectivity index (χ0v) is 24.2. The van der Waals surface area contributed by atoms with Crippen molar-refractivity contribution in [2.45, 2.75) is 59.0 Å². The molecule has 0 aliphatic carbocycles. The third-order valence-electron chi connectivity index (χ3n) is 8.32. The quantitative estimate of drug-likeness (QED) is 0.204. The molecule has 5 aromatic rings. The van der Waals surface area contributed by atoms with E-state index in [0.717, 1.165) is 93.4 Å². The molecule has 1 aliphatic heterocycles. The molecule has 3 heterocycles. The number of hydrogen-bond acceptors (Lipinski definition) is 4. The fraction of sp³-hybridized carbons (Fsp3) is 0.353. The number of nitrogens with zero attached hydrogens (tertiary/aromatic N) is 3. The maximum atomic E-state index is 12.9. The van der Waals surface area contributed by atoms with Gasteiger partial charge in [-0.05, 0) is 68.8 Å². The number of H-pyrrole nitrogens is 1. The van der Waals surface area contributed by atoms with Crippen molar-refractivity contribution in [3.63, 3.8) is 0 Å². The molecular weight excluding hydrogens is 512 g/mol. The van der Waals surface area contributed by atoms with Crippen LogP contribution in [0.2, 0.25) is 0 Å². The Morgan fingerprint density at radius 2 is 1.85 bits per heavy atom. The Kier molecular flexibility index (Phi) is 7.54. The molecule has 0 fully saturated rings. The Morgan fingerprint density at radius 1 is 1.02 bits per heavy atom. The number of rotatable bonds is 8. The van der Waals surface area contributed by atoms with Crippen LogP contribution in [0.1, 0.15) is 59.2 Å². The van der Waals surface area contributed by atoms with Gasteiger partial charge in [0.25, 0.3) is 0 Å². The summed E-state index contributed by atoms with van der Waals surface area (Å²) in [5.41, 5.74) is 7.88. The first-order valence-corrected chi connectivity index (χ1v) is 14.7. The Labute approximate surface area is 240 Å². The number of aryl methyl sites for hydroxylation is 4. The van der Waals surface area contributed by atoms with Crippen LogP contribution in [0.15, 0.2) is 54.6 Å². The van der Waals surface area contributed by atoms with Gasteiger partial charge in [0.2, 0.25) is 0 Å². The van der Waals surface area contributed by atoms with Crippen LogP contribution >= 0.6 is 0 Å². The molecule has 0 saturated heterocycles. The molecule has 6 rings (SSSR count). The molecular formula is C34H38N4O3. The number of ether oxygens (including phenoxy) is 1. The van der Waals surface area contributed by atoms with Crippen molar-refractivity contribution in [2.24, 2.45) is 0 Å². The van der Waals surface area contributed by atoms with Gasteiger partial charge in [-0.2, -0.15) is 5.10 Å². The third kappa shape index (κ3) is 4.99. The summed E-state index contributed by atoms with van der Waals surface area (Å²) in [4.78, 5) is 15.2. The molecule has 7 nitrogen and oxygen atoms in total. The van der Waals surface area contributed by atoms with Crippen LogP contribution in [0.5, 0.6) is 5.75 Å². The van der Waals surface area contributed by atoms with E-state index in [-0.39, 0.29) is 0 Å². The molecule has 212 valence electrons. The zero-order valence-electron chi connectivity index (χ0n) is 24.2. The van der Waals surface area contributed by atoms with E-state index in [9.17, 15) is 9.90 Å². The van der Waals surface area contributed by atoms with E-state index in [2.05, 4.69) is 65.8 Å². The summed E-state index contributed by atoms with van der Waals surface area (Å²) in [5.74, 6) is -0.0123. The number of aromatic nitrogens is 3. The first-order valence-electron chi connectivity index (χ1n) is 14.7. The van der Waals surface area contributed by atoms with E-state index >= 15 is 0 Å². The molecule has 0 saturated carbocycles. The van der Waals surface area contributed by atoms with Crippen LogP contribution in [0, 0.1) is 6.92 Å². The average molecular weight is 551 g/mol. The maximum Gasteiger partial charge on any atom is 0.352 e. The standard InChI is InChI=1S/C34H38N4O3/c1-4-10-27-31-28(36-35-27)21-37(3)18-9-19-38-32-26(17-16-22(2)30(31)32)25(33(38)34(39)40)14-8-20-41-29-15-7-12-23-11-5-6-13-24(23)29/h5-7,11-13,15-17H,4,8-10,14,18-21H2,1-3H3,(H,35,36)(H,39,40). The number of carboxylic acid groups (broad SMARTS) is 1. The van der Waals surface area contributed by atoms with Crippen LogP contribution in [-0.2, 0) is 25.9 Å². The smallest absolute Gasteiger partial charge is 0.352 e. The number of nitrogens with one attached hydrogen (secondary N) is 1. The lowest BCUT2D eigenvalue weighted by Gasteiger charge is -2.21. The highest BCUT2D eigenvalue weighted by Gasteiger charge is 2.28. The van der Waals surface area contributed by atoms with Crippen molar-refractivity contribution in [1.29, 1.82) is 0 Å². The third-order valence-corrected chi connectivity index (χ3v) is 8.32. The summed E-state index contributed by atoms with van der Waals surface area (Å²) in [6.45, 7) is 7.12. The largest absolute Gasteiger partial charge is 0.493 e. The van der Waals surface area contributed by atoms with Gasteiger partial charge >= 0.3 is 5.97 Å². The molecule has 0 unspecified atom stereocenters. The van der Waals surface area contributed by atoms with Crippen LogP contribution in [-0.4, -0.2) is 50.9 Å².